The van der Waals surface area contributed by atoms with Crippen LogP contribution >= 0.6 is 0 Å². The maximum Gasteiger partial charge on any atom is 0.0517 e. The highest BCUT2D eigenvalue weighted by molar-refractivity contribution is 5.16. The van der Waals surface area contributed by atoms with Gasteiger partial charge in [0.2, 0.25) is 0 Å². The van der Waals surface area contributed by atoms with Gasteiger partial charge in [0, 0.05) is 31.0 Å². The largest absolute Gasteiger partial charge is 0.326 e. The van der Waals surface area contributed by atoms with Gasteiger partial charge in [0.1, 0.15) is 0 Å². The summed E-state index contributed by atoms with van der Waals surface area (Å²) in [5.41, 5.74) is 7.62. The average Bonchev–Trinajstić information content (AvgIpc) is 2.38. The van der Waals surface area contributed by atoms with Crippen molar-refractivity contribution < 1.29 is 0 Å². The number of nitrogens with two attached hydrogens (primary N) is 1. The van der Waals surface area contributed by atoms with E-state index in [0.29, 0.717) is 12.0 Å². The first kappa shape index (κ1) is 16.1. The van der Waals surface area contributed by atoms with E-state index in [0.717, 1.165) is 13.0 Å². The van der Waals surface area contributed by atoms with Crippen LogP contribution in [-0.4, -0.2) is 28.5 Å². The van der Waals surface area contributed by atoms with Gasteiger partial charge in [-0.3, -0.25) is 9.88 Å². The van der Waals surface area contributed by atoms with Gasteiger partial charge in [0.15, 0.2) is 0 Å². The molecule has 0 fully saturated rings. The molecule has 0 spiro atoms. The second-order valence-electron chi connectivity index (χ2n) is 5.99. The highest BCUT2D eigenvalue weighted by Crippen LogP contribution is 2.27. The minimum atomic E-state index is 0.144. The fourth-order valence-electron chi connectivity index (χ4n) is 2.53. The lowest BCUT2D eigenvalue weighted by Gasteiger charge is -2.39. The van der Waals surface area contributed by atoms with E-state index < -0.39 is 0 Å². The molecule has 19 heavy (non-hydrogen) atoms. The lowest BCUT2D eigenvalue weighted by molar-refractivity contribution is 0.114. The van der Waals surface area contributed by atoms with E-state index in [9.17, 15) is 0 Å². The second kappa shape index (κ2) is 7.61. The van der Waals surface area contributed by atoms with Crippen molar-refractivity contribution in [1.29, 1.82) is 0 Å². The van der Waals surface area contributed by atoms with Crippen molar-refractivity contribution in [2.24, 2.45) is 11.7 Å². The van der Waals surface area contributed by atoms with Crippen molar-refractivity contribution in [3.05, 3.63) is 30.1 Å². The molecular formula is C16H29N3. The molecule has 0 radical (unpaired) electrons. The van der Waals surface area contributed by atoms with Crippen LogP contribution in [-0.2, 0) is 0 Å². The number of nitrogens with zero attached hydrogens (tertiary/aromatic N) is 2. The summed E-state index contributed by atoms with van der Waals surface area (Å²) in [5, 5.41) is 0. The third kappa shape index (κ3) is 4.59. The van der Waals surface area contributed by atoms with E-state index in [4.69, 9.17) is 5.73 Å². The highest BCUT2D eigenvalue weighted by Gasteiger charge is 2.28. The first-order valence-corrected chi connectivity index (χ1v) is 7.38. The first-order chi connectivity index (χ1) is 8.97. The fourth-order valence-corrected chi connectivity index (χ4v) is 2.53. The van der Waals surface area contributed by atoms with Gasteiger partial charge in [-0.1, -0.05) is 26.8 Å². The fraction of sp³-hybridized carbons (Fsp3) is 0.688. The van der Waals surface area contributed by atoms with Crippen LogP contribution in [0.3, 0.4) is 0 Å². The number of hydrogen-bond acceptors (Lipinski definition) is 3. The van der Waals surface area contributed by atoms with Crippen LogP contribution in [0.15, 0.2) is 24.5 Å². The summed E-state index contributed by atoms with van der Waals surface area (Å²) in [4.78, 5) is 6.77. The monoisotopic (exact) mass is 263 g/mol. The maximum absolute atomic E-state index is 6.39. The van der Waals surface area contributed by atoms with Gasteiger partial charge in [-0.15, -0.1) is 0 Å². The molecule has 2 N–H and O–H groups in total. The Morgan fingerprint density at radius 3 is 2.37 bits per heavy atom. The van der Waals surface area contributed by atoms with Crippen molar-refractivity contribution in [3.63, 3.8) is 0 Å². The summed E-state index contributed by atoms with van der Waals surface area (Å²) in [6.07, 6.45) is 4.75. The molecule has 0 saturated carbocycles. The van der Waals surface area contributed by atoms with E-state index in [1.807, 2.05) is 18.5 Å². The molecule has 0 bridgehead atoms. The van der Waals surface area contributed by atoms with Crippen LogP contribution < -0.4 is 5.73 Å². The molecule has 3 heteroatoms. The van der Waals surface area contributed by atoms with Gasteiger partial charge in [0.05, 0.1) is 6.04 Å². The molecule has 108 valence electrons. The van der Waals surface area contributed by atoms with E-state index in [1.165, 1.54) is 5.56 Å². The predicted molar refractivity (Wildman–Crippen MR) is 81.9 cm³/mol. The van der Waals surface area contributed by atoms with Gasteiger partial charge >= 0.3 is 0 Å². The minimum absolute atomic E-state index is 0.144. The molecule has 0 aliphatic carbocycles. The summed E-state index contributed by atoms with van der Waals surface area (Å²) in [5.74, 6) is 0.630. The van der Waals surface area contributed by atoms with Crippen molar-refractivity contribution in [2.45, 2.75) is 59.2 Å². The van der Waals surface area contributed by atoms with Crippen molar-refractivity contribution in [3.8, 4) is 0 Å². The molecule has 1 aromatic rings. The second-order valence-corrected chi connectivity index (χ2v) is 5.99. The molecule has 2 unspecified atom stereocenters. The van der Waals surface area contributed by atoms with Gasteiger partial charge < -0.3 is 5.73 Å². The molecule has 1 rings (SSSR count). The van der Waals surface area contributed by atoms with Crippen LogP contribution in [0.1, 0.15) is 52.6 Å². The Hall–Kier alpha value is -0.930. The quantitative estimate of drug-likeness (QED) is 0.821. The lowest BCUT2D eigenvalue weighted by atomic mass is 9.95. The Bertz CT molecular complexity index is 348. The van der Waals surface area contributed by atoms with Crippen molar-refractivity contribution in [2.75, 3.05) is 6.54 Å². The number of rotatable bonds is 7. The van der Waals surface area contributed by atoms with Gasteiger partial charge in [-0.2, -0.15) is 0 Å². The van der Waals surface area contributed by atoms with Gasteiger partial charge in [0.25, 0.3) is 0 Å². The van der Waals surface area contributed by atoms with Gasteiger partial charge in [-0.05, 0) is 37.8 Å². The number of hydrogen-bond donors (Lipinski definition) is 1. The molecule has 1 aromatic heterocycles. The van der Waals surface area contributed by atoms with Crippen LogP contribution in [0, 0.1) is 5.92 Å². The van der Waals surface area contributed by atoms with Crippen LogP contribution in [0.2, 0.25) is 0 Å². The molecule has 1 heterocycles. The van der Waals surface area contributed by atoms with Crippen molar-refractivity contribution in [1.82, 2.24) is 9.88 Å². The molecule has 0 amide bonds. The van der Waals surface area contributed by atoms with E-state index in [2.05, 4.69) is 50.6 Å². The summed E-state index contributed by atoms with van der Waals surface area (Å²) < 4.78 is 0. The number of aromatic nitrogens is 1. The third-order valence-electron chi connectivity index (χ3n) is 3.50. The lowest BCUT2D eigenvalue weighted by Crippen LogP contribution is -2.45. The zero-order valence-corrected chi connectivity index (χ0v) is 13.0. The predicted octanol–water partition coefficient (Wildman–Crippen LogP) is 3.23. The van der Waals surface area contributed by atoms with Crippen LogP contribution in [0.25, 0.3) is 0 Å². The summed E-state index contributed by atoms with van der Waals surface area (Å²) in [6, 6.07) is 5.01. The minimum Gasteiger partial charge on any atom is -0.326 e. The summed E-state index contributed by atoms with van der Waals surface area (Å²) in [6.45, 7) is 12.2. The zero-order valence-electron chi connectivity index (χ0n) is 13.0. The molecule has 0 aliphatic rings. The molecule has 0 aromatic carbocycles. The Balaban J connectivity index is 3.07. The molecule has 0 saturated heterocycles. The van der Waals surface area contributed by atoms with Crippen molar-refractivity contribution >= 4 is 0 Å². The van der Waals surface area contributed by atoms with Gasteiger partial charge in [-0.25, -0.2) is 0 Å². The first-order valence-electron chi connectivity index (χ1n) is 7.38. The molecule has 0 aliphatic heterocycles. The Morgan fingerprint density at radius 2 is 1.95 bits per heavy atom. The zero-order chi connectivity index (χ0) is 14.4. The van der Waals surface area contributed by atoms with Crippen LogP contribution in [0.4, 0.5) is 0 Å². The highest BCUT2D eigenvalue weighted by atomic mass is 15.2. The third-order valence-corrected chi connectivity index (χ3v) is 3.50. The average molecular weight is 263 g/mol. The standard InChI is InChI=1S/C16H29N3/c1-6-15(17)16(14-8-7-9-18-10-14)19(13(4)5)11-12(2)3/h7-10,12-13,15-16H,6,11,17H2,1-5H3. The molecule has 3 nitrogen and oxygen atoms in total. The SMILES string of the molecule is CCC(N)C(c1cccnc1)N(CC(C)C)C(C)C. The Morgan fingerprint density at radius 1 is 1.26 bits per heavy atom. The normalized spacial score (nSPS) is 15.2. The topological polar surface area (TPSA) is 42.1 Å². The van der Waals surface area contributed by atoms with Crippen LogP contribution in [0.5, 0.6) is 0 Å². The van der Waals surface area contributed by atoms with E-state index in [1.54, 1.807) is 0 Å². The smallest absolute Gasteiger partial charge is 0.0517 e. The van der Waals surface area contributed by atoms with E-state index >= 15 is 0 Å². The Kier molecular flexibility index (Phi) is 6.46. The Labute approximate surface area is 118 Å². The maximum atomic E-state index is 6.39. The summed E-state index contributed by atoms with van der Waals surface area (Å²) >= 11 is 0. The molecular weight excluding hydrogens is 234 g/mol. The number of pyridine rings is 1. The summed E-state index contributed by atoms with van der Waals surface area (Å²) in [7, 11) is 0. The van der Waals surface area contributed by atoms with E-state index in [-0.39, 0.29) is 12.1 Å². The molecule has 2 atom stereocenters.